The first-order chi connectivity index (χ1) is 13.3. The third-order valence-corrected chi connectivity index (χ3v) is 4.70. The summed E-state index contributed by atoms with van der Waals surface area (Å²) in [5.74, 6) is 0.0591. The van der Waals surface area contributed by atoms with Crippen LogP contribution < -0.4 is 10.6 Å². The average Bonchev–Trinajstić information content (AvgIpc) is 3.14. The summed E-state index contributed by atoms with van der Waals surface area (Å²) in [7, 11) is 0. The molecule has 0 radical (unpaired) electrons. The molecule has 0 aliphatic carbocycles. The maximum Gasteiger partial charge on any atom is 0.319 e. The molecule has 0 saturated heterocycles. The summed E-state index contributed by atoms with van der Waals surface area (Å²) < 4.78 is 0. The van der Waals surface area contributed by atoms with Gasteiger partial charge in [0.05, 0.1) is 0 Å². The van der Waals surface area contributed by atoms with E-state index in [0.29, 0.717) is 6.54 Å². The molecule has 3 N–H and O–H groups in total. The number of carbonyl (C=O) groups excluding carboxylic acids is 1. The molecule has 1 heterocycles. The third-order valence-electron chi connectivity index (χ3n) is 4.70. The summed E-state index contributed by atoms with van der Waals surface area (Å²) in [6.07, 6.45) is 2.04. The quantitative estimate of drug-likeness (QED) is 0.457. The van der Waals surface area contributed by atoms with Crippen LogP contribution in [0.25, 0.3) is 10.9 Å². The molecule has 134 valence electrons. The van der Waals surface area contributed by atoms with Crippen molar-refractivity contribution >= 4 is 22.6 Å². The molecule has 1 atom stereocenters. The van der Waals surface area contributed by atoms with Crippen molar-refractivity contribution in [1.29, 1.82) is 0 Å². The molecule has 4 rings (SSSR count). The number of hydrogen-bond donors (Lipinski definition) is 3. The Labute approximate surface area is 158 Å². The van der Waals surface area contributed by atoms with Gasteiger partial charge in [-0.1, -0.05) is 66.7 Å². The lowest BCUT2D eigenvalue weighted by Crippen LogP contribution is -2.32. The van der Waals surface area contributed by atoms with Gasteiger partial charge in [0.1, 0.15) is 0 Å². The second-order valence-corrected chi connectivity index (χ2v) is 6.45. The van der Waals surface area contributed by atoms with Gasteiger partial charge in [0, 0.05) is 35.2 Å². The lowest BCUT2D eigenvalue weighted by atomic mass is 9.91. The molecule has 0 aliphatic rings. The van der Waals surface area contributed by atoms with Crippen LogP contribution in [-0.4, -0.2) is 17.6 Å². The Morgan fingerprint density at radius 3 is 2.30 bits per heavy atom. The van der Waals surface area contributed by atoms with Crippen LogP contribution >= 0.6 is 0 Å². The van der Waals surface area contributed by atoms with E-state index in [2.05, 4.69) is 39.9 Å². The number of aromatic nitrogens is 1. The predicted molar refractivity (Wildman–Crippen MR) is 110 cm³/mol. The Morgan fingerprint density at radius 1 is 0.852 bits per heavy atom. The molecule has 4 heteroatoms. The lowest BCUT2D eigenvalue weighted by molar-refractivity contribution is 0.252. The van der Waals surface area contributed by atoms with Crippen molar-refractivity contribution in [2.75, 3.05) is 11.9 Å². The van der Waals surface area contributed by atoms with Gasteiger partial charge in [0.2, 0.25) is 0 Å². The first-order valence-corrected chi connectivity index (χ1v) is 9.02. The molecule has 4 nitrogen and oxygen atoms in total. The number of hydrogen-bond acceptors (Lipinski definition) is 1. The largest absolute Gasteiger partial charge is 0.361 e. The van der Waals surface area contributed by atoms with Crippen molar-refractivity contribution in [2.45, 2.75) is 5.92 Å². The molecule has 0 spiro atoms. The van der Waals surface area contributed by atoms with Gasteiger partial charge in [-0.25, -0.2) is 4.79 Å². The predicted octanol–water partition coefficient (Wildman–Crippen LogP) is 5.12. The lowest BCUT2D eigenvalue weighted by Gasteiger charge is -2.18. The molecule has 1 aromatic heterocycles. The number of nitrogens with one attached hydrogen (secondary N) is 3. The Balaban J connectivity index is 1.57. The van der Waals surface area contributed by atoms with E-state index < -0.39 is 0 Å². The van der Waals surface area contributed by atoms with Gasteiger partial charge in [0.25, 0.3) is 0 Å². The summed E-state index contributed by atoms with van der Waals surface area (Å²) >= 11 is 0. The van der Waals surface area contributed by atoms with Crippen molar-refractivity contribution in [3.63, 3.8) is 0 Å². The summed E-state index contributed by atoms with van der Waals surface area (Å²) in [5.41, 5.74) is 4.22. The zero-order chi connectivity index (χ0) is 18.5. The number of fused-ring (bicyclic) bond motifs is 1. The number of anilines is 1. The SMILES string of the molecule is O=C(NCC(c1ccccc1)c1c[nH]c2ccccc12)Nc1ccccc1. The van der Waals surface area contributed by atoms with Crippen molar-refractivity contribution < 1.29 is 4.79 Å². The number of carbonyl (C=O) groups is 1. The summed E-state index contributed by atoms with van der Waals surface area (Å²) in [6, 6.07) is 27.7. The number of amides is 2. The number of aromatic amines is 1. The van der Waals surface area contributed by atoms with Crippen LogP contribution in [0.3, 0.4) is 0 Å². The van der Waals surface area contributed by atoms with Gasteiger partial charge in [-0.3, -0.25) is 0 Å². The van der Waals surface area contributed by atoms with Crippen molar-refractivity contribution in [1.82, 2.24) is 10.3 Å². The van der Waals surface area contributed by atoms with E-state index in [-0.39, 0.29) is 11.9 Å². The Hall–Kier alpha value is -3.53. The Kier molecular flexibility index (Phi) is 4.88. The third kappa shape index (κ3) is 3.85. The topological polar surface area (TPSA) is 56.9 Å². The van der Waals surface area contributed by atoms with E-state index in [4.69, 9.17) is 0 Å². The maximum atomic E-state index is 12.4. The zero-order valence-corrected chi connectivity index (χ0v) is 14.9. The van der Waals surface area contributed by atoms with E-state index in [1.54, 1.807) is 0 Å². The van der Waals surface area contributed by atoms with E-state index in [1.807, 2.05) is 66.9 Å². The summed E-state index contributed by atoms with van der Waals surface area (Å²) in [4.78, 5) is 15.7. The van der Waals surface area contributed by atoms with Gasteiger partial charge in [0.15, 0.2) is 0 Å². The monoisotopic (exact) mass is 355 g/mol. The highest BCUT2D eigenvalue weighted by atomic mass is 16.2. The molecule has 27 heavy (non-hydrogen) atoms. The molecular formula is C23H21N3O. The minimum Gasteiger partial charge on any atom is -0.361 e. The fourth-order valence-corrected chi connectivity index (χ4v) is 3.37. The van der Waals surface area contributed by atoms with Crippen LogP contribution in [0.15, 0.2) is 91.1 Å². The van der Waals surface area contributed by atoms with Crippen LogP contribution in [0.2, 0.25) is 0 Å². The molecular weight excluding hydrogens is 334 g/mol. The Bertz CT molecular complexity index is 1030. The minimum atomic E-state index is -0.207. The smallest absolute Gasteiger partial charge is 0.319 e. The van der Waals surface area contributed by atoms with Crippen molar-refractivity contribution in [3.05, 3.63) is 102 Å². The maximum absolute atomic E-state index is 12.4. The number of benzene rings is 3. The van der Waals surface area contributed by atoms with E-state index in [9.17, 15) is 4.79 Å². The molecule has 0 saturated carbocycles. The van der Waals surface area contributed by atoms with Crippen LogP contribution in [0.1, 0.15) is 17.0 Å². The molecule has 3 aromatic carbocycles. The van der Waals surface area contributed by atoms with E-state index in [0.717, 1.165) is 11.2 Å². The minimum absolute atomic E-state index is 0.0591. The van der Waals surface area contributed by atoms with Crippen LogP contribution in [-0.2, 0) is 0 Å². The van der Waals surface area contributed by atoms with Gasteiger partial charge in [-0.05, 0) is 29.3 Å². The summed E-state index contributed by atoms with van der Waals surface area (Å²) in [6.45, 7) is 0.504. The van der Waals surface area contributed by atoms with Crippen molar-refractivity contribution in [3.8, 4) is 0 Å². The molecule has 0 aliphatic heterocycles. The normalized spacial score (nSPS) is 11.9. The van der Waals surface area contributed by atoms with Gasteiger partial charge < -0.3 is 15.6 Å². The first-order valence-electron chi connectivity index (χ1n) is 9.02. The van der Waals surface area contributed by atoms with Crippen LogP contribution in [0.4, 0.5) is 10.5 Å². The molecule has 0 fully saturated rings. The first kappa shape index (κ1) is 16.9. The number of urea groups is 1. The fraction of sp³-hybridized carbons (Fsp3) is 0.0870. The van der Waals surface area contributed by atoms with Crippen LogP contribution in [0.5, 0.6) is 0 Å². The second-order valence-electron chi connectivity index (χ2n) is 6.45. The molecule has 2 amide bonds. The standard InChI is InChI=1S/C23H21N3O/c27-23(26-18-11-5-2-6-12-18)25-15-20(17-9-3-1-4-10-17)21-16-24-22-14-8-7-13-19(21)22/h1-14,16,20,24H,15H2,(H2,25,26,27). The van der Waals surface area contributed by atoms with Gasteiger partial charge in [-0.2, -0.15) is 0 Å². The van der Waals surface area contributed by atoms with Gasteiger partial charge >= 0.3 is 6.03 Å². The number of H-pyrrole nitrogens is 1. The van der Waals surface area contributed by atoms with E-state index >= 15 is 0 Å². The highest BCUT2D eigenvalue weighted by Gasteiger charge is 2.18. The fourth-order valence-electron chi connectivity index (χ4n) is 3.37. The zero-order valence-electron chi connectivity index (χ0n) is 14.9. The number of rotatable bonds is 5. The van der Waals surface area contributed by atoms with Crippen LogP contribution in [0, 0.1) is 0 Å². The second kappa shape index (κ2) is 7.79. The molecule has 1 unspecified atom stereocenters. The highest BCUT2D eigenvalue weighted by molar-refractivity contribution is 5.89. The van der Waals surface area contributed by atoms with E-state index in [1.165, 1.54) is 16.5 Å². The molecule has 0 bridgehead atoms. The van der Waals surface area contributed by atoms with Crippen molar-refractivity contribution in [2.24, 2.45) is 0 Å². The highest BCUT2D eigenvalue weighted by Crippen LogP contribution is 2.30. The average molecular weight is 355 g/mol. The number of para-hydroxylation sites is 2. The Morgan fingerprint density at radius 2 is 1.52 bits per heavy atom. The molecule has 4 aromatic rings. The summed E-state index contributed by atoms with van der Waals surface area (Å²) in [5, 5.41) is 7.07. The van der Waals surface area contributed by atoms with Gasteiger partial charge in [-0.15, -0.1) is 0 Å².